The van der Waals surface area contributed by atoms with E-state index in [-0.39, 0.29) is 18.4 Å². The van der Waals surface area contributed by atoms with Crippen molar-refractivity contribution >= 4 is 23.9 Å². The second kappa shape index (κ2) is 11.4. The first kappa shape index (κ1) is 32.1. The molecule has 0 unspecified atom stereocenters. The lowest BCUT2D eigenvalue weighted by atomic mass is 9.55. The van der Waals surface area contributed by atoms with Crippen LogP contribution in [0.2, 0.25) is 0 Å². The minimum absolute atomic E-state index is 0.125. The number of esters is 4. The van der Waals surface area contributed by atoms with Crippen molar-refractivity contribution in [3.05, 3.63) is 23.8 Å². The van der Waals surface area contributed by atoms with Crippen LogP contribution in [-0.4, -0.2) is 93.1 Å². The number of aliphatic hydroxyl groups excluding tert-OH is 2. The molecular formula is C30H42O12. The summed E-state index contributed by atoms with van der Waals surface area (Å²) in [5, 5.41) is 33.4. The second-order valence-electron chi connectivity index (χ2n) is 12.3. The molecule has 12 nitrogen and oxygen atoms in total. The largest absolute Gasteiger partial charge is 0.461 e. The molecule has 4 rings (SSSR count). The number of carbonyl (C=O) groups excluding carboxylic acids is 4. The fourth-order valence-electron chi connectivity index (χ4n) is 7.03. The highest BCUT2D eigenvalue weighted by Crippen LogP contribution is 2.65. The van der Waals surface area contributed by atoms with Gasteiger partial charge in [0.05, 0.1) is 12.2 Å². The third kappa shape index (κ3) is 5.16. The van der Waals surface area contributed by atoms with Gasteiger partial charge in [-0.3, -0.25) is 14.4 Å². The standard InChI is InChI=1S/C30H42O12/c1-7-8-9-10-23(35)40-19-14-21(38-16(2)32)27(4)12-11-20(34)28(5,37)24(27)25(39-17(3)33)30-22(13-18(19)15-31)41-26(36)29(30,6)42-30/h11-13,19-22,24-25,31,34,37H,7-10,14-15H2,1-6H3/t19-,20-,21+,22+,24-,25+,27+,28-,29+,30+/m1/s1. The van der Waals surface area contributed by atoms with Crippen molar-refractivity contribution in [2.45, 2.75) is 121 Å². The SMILES string of the molecule is CCCCCC(=O)O[C@@H]1C[C@H](OC(C)=O)[C@]2(C)C=C[C@@H](O)[C@@](C)(O)[C@@H]2[C@H](OC(C)=O)[C@]23O[C@@]2(C)C(=O)O[C@H]3C=C1CO. The van der Waals surface area contributed by atoms with Crippen LogP contribution in [0.1, 0.15) is 73.6 Å². The highest BCUT2D eigenvalue weighted by Gasteiger charge is 2.87. The maximum Gasteiger partial charge on any atom is 0.342 e. The Kier molecular flexibility index (Phi) is 8.69. The van der Waals surface area contributed by atoms with Gasteiger partial charge in [-0.1, -0.05) is 38.8 Å². The van der Waals surface area contributed by atoms with Gasteiger partial charge in [0, 0.05) is 38.0 Å². The molecule has 10 atom stereocenters. The summed E-state index contributed by atoms with van der Waals surface area (Å²) < 4.78 is 29.3. The Morgan fingerprint density at radius 3 is 2.31 bits per heavy atom. The van der Waals surface area contributed by atoms with Gasteiger partial charge in [0.2, 0.25) is 0 Å². The summed E-state index contributed by atoms with van der Waals surface area (Å²) in [6.07, 6.45) is 0.274. The van der Waals surface area contributed by atoms with Gasteiger partial charge in [-0.25, -0.2) is 4.79 Å². The van der Waals surface area contributed by atoms with Gasteiger partial charge in [0.15, 0.2) is 17.3 Å². The fourth-order valence-corrected chi connectivity index (χ4v) is 7.03. The Morgan fingerprint density at radius 1 is 1.07 bits per heavy atom. The van der Waals surface area contributed by atoms with Gasteiger partial charge in [-0.2, -0.15) is 0 Å². The van der Waals surface area contributed by atoms with Crippen molar-refractivity contribution in [2.24, 2.45) is 11.3 Å². The van der Waals surface area contributed by atoms with E-state index in [1.54, 1.807) is 13.0 Å². The summed E-state index contributed by atoms with van der Waals surface area (Å²) in [5.41, 5.74) is -6.53. The monoisotopic (exact) mass is 594 g/mol. The Hall–Kier alpha value is -2.80. The maximum absolute atomic E-state index is 13.1. The van der Waals surface area contributed by atoms with E-state index in [2.05, 4.69) is 0 Å². The van der Waals surface area contributed by atoms with Crippen molar-refractivity contribution < 1.29 is 58.2 Å². The van der Waals surface area contributed by atoms with Crippen LogP contribution in [0.15, 0.2) is 23.8 Å². The maximum atomic E-state index is 13.1. The predicted molar refractivity (Wildman–Crippen MR) is 144 cm³/mol. The Bertz CT molecular complexity index is 1170. The third-order valence-electron chi connectivity index (χ3n) is 9.33. The molecule has 3 N–H and O–H groups in total. The molecule has 2 heterocycles. The van der Waals surface area contributed by atoms with E-state index in [4.69, 9.17) is 23.7 Å². The average Bonchev–Trinajstić information content (AvgIpc) is 3.48. The number of hydrogen-bond acceptors (Lipinski definition) is 12. The minimum Gasteiger partial charge on any atom is -0.461 e. The summed E-state index contributed by atoms with van der Waals surface area (Å²) in [6.45, 7) is 8.25. The summed E-state index contributed by atoms with van der Waals surface area (Å²) >= 11 is 0. The molecule has 2 saturated heterocycles. The quantitative estimate of drug-likeness (QED) is 0.121. The van der Waals surface area contributed by atoms with Crippen molar-refractivity contribution in [2.75, 3.05) is 6.61 Å². The zero-order valence-corrected chi connectivity index (χ0v) is 25.0. The lowest BCUT2D eigenvalue weighted by Crippen LogP contribution is -2.67. The van der Waals surface area contributed by atoms with Crippen LogP contribution in [-0.2, 0) is 42.9 Å². The number of epoxide rings is 1. The number of unbranched alkanes of at least 4 members (excludes halogenated alkanes) is 2. The Balaban J connectivity index is 1.96. The molecule has 2 aliphatic heterocycles. The summed E-state index contributed by atoms with van der Waals surface area (Å²) in [6, 6.07) is 0. The summed E-state index contributed by atoms with van der Waals surface area (Å²) in [7, 11) is 0. The number of ether oxygens (including phenoxy) is 5. The number of carbonyl (C=O) groups is 4. The van der Waals surface area contributed by atoms with E-state index in [1.807, 2.05) is 6.92 Å². The molecule has 1 spiro atoms. The normalized spacial score (nSPS) is 42.2. The molecule has 4 aliphatic rings. The zero-order valence-electron chi connectivity index (χ0n) is 25.0. The molecule has 0 amide bonds. The summed E-state index contributed by atoms with van der Waals surface area (Å²) in [5.74, 6) is -3.94. The summed E-state index contributed by atoms with van der Waals surface area (Å²) in [4.78, 5) is 51.1. The van der Waals surface area contributed by atoms with Gasteiger partial charge < -0.3 is 39.0 Å². The smallest absolute Gasteiger partial charge is 0.342 e. The van der Waals surface area contributed by atoms with Gasteiger partial charge in [-0.15, -0.1) is 0 Å². The van der Waals surface area contributed by atoms with E-state index in [0.29, 0.717) is 6.42 Å². The van der Waals surface area contributed by atoms with E-state index < -0.39 is 89.1 Å². The number of hydrogen-bond donors (Lipinski definition) is 3. The fraction of sp³-hybridized carbons (Fsp3) is 0.733. The number of fused-ring (bicyclic) bond motifs is 1. The van der Waals surface area contributed by atoms with Crippen LogP contribution in [0.4, 0.5) is 0 Å². The third-order valence-corrected chi connectivity index (χ3v) is 9.33. The van der Waals surface area contributed by atoms with Crippen molar-refractivity contribution in [1.82, 2.24) is 0 Å². The van der Waals surface area contributed by atoms with Crippen LogP contribution in [0.25, 0.3) is 0 Å². The molecular weight excluding hydrogens is 552 g/mol. The van der Waals surface area contributed by atoms with Crippen LogP contribution in [0.3, 0.4) is 0 Å². The van der Waals surface area contributed by atoms with Gasteiger partial charge in [0.1, 0.15) is 24.4 Å². The van der Waals surface area contributed by atoms with Gasteiger partial charge in [0.25, 0.3) is 0 Å². The first-order valence-corrected chi connectivity index (χ1v) is 14.4. The molecule has 42 heavy (non-hydrogen) atoms. The first-order chi connectivity index (χ1) is 19.6. The molecule has 0 bridgehead atoms. The van der Waals surface area contributed by atoms with Crippen molar-refractivity contribution in [3.8, 4) is 0 Å². The van der Waals surface area contributed by atoms with Crippen molar-refractivity contribution in [3.63, 3.8) is 0 Å². The van der Waals surface area contributed by atoms with Crippen LogP contribution in [0.5, 0.6) is 0 Å². The molecule has 0 aromatic rings. The minimum atomic E-state index is -2.01. The molecule has 0 saturated carbocycles. The van der Waals surface area contributed by atoms with E-state index in [1.165, 1.54) is 32.9 Å². The van der Waals surface area contributed by atoms with Crippen LogP contribution >= 0.6 is 0 Å². The first-order valence-electron chi connectivity index (χ1n) is 14.4. The molecule has 2 fully saturated rings. The number of rotatable bonds is 8. The number of aliphatic hydroxyl groups is 3. The molecule has 234 valence electrons. The molecule has 2 aliphatic carbocycles. The topological polar surface area (TPSA) is 178 Å². The molecule has 0 aromatic heterocycles. The second-order valence-corrected chi connectivity index (χ2v) is 12.3. The van der Waals surface area contributed by atoms with Crippen LogP contribution in [0, 0.1) is 11.3 Å². The Morgan fingerprint density at radius 2 is 1.74 bits per heavy atom. The van der Waals surface area contributed by atoms with Crippen molar-refractivity contribution in [1.29, 1.82) is 0 Å². The zero-order chi connectivity index (χ0) is 31.3. The highest BCUT2D eigenvalue weighted by molar-refractivity contribution is 5.89. The molecule has 0 aromatic carbocycles. The predicted octanol–water partition coefficient (Wildman–Crippen LogP) is 1.42. The van der Waals surface area contributed by atoms with Gasteiger partial charge in [-0.05, 0) is 31.9 Å². The highest BCUT2D eigenvalue weighted by atomic mass is 16.7. The van der Waals surface area contributed by atoms with E-state index >= 15 is 0 Å². The van der Waals surface area contributed by atoms with E-state index in [9.17, 15) is 34.5 Å². The Labute approximate surface area is 245 Å². The lowest BCUT2D eigenvalue weighted by molar-refractivity contribution is -0.215. The van der Waals surface area contributed by atoms with E-state index in [0.717, 1.165) is 19.8 Å². The lowest BCUT2D eigenvalue weighted by Gasteiger charge is -2.54. The van der Waals surface area contributed by atoms with Crippen LogP contribution < -0.4 is 0 Å². The van der Waals surface area contributed by atoms with Gasteiger partial charge >= 0.3 is 23.9 Å². The average molecular weight is 595 g/mol. The molecule has 0 radical (unpaired) electrons. The molecule has 12 heteroatoms.